The molecule has 0 aromatic heterocycles. The highest BCUT2D eigenvalue weighted by Gasteiger charge is 2.03. The lowest BCUT2D eigenvalue weighted by Crippen LogP contribution is -1.99. The SMILES string of the molecule is C1=CC(=Nc2ccc(N=C3C=CC(=Nc4ccc(Nc5ccccc5)cc4)C=C3)cc2)C=CC1=Nc1ccccc1. The Balaban J connectivity index is 1.05. The maximum absolute atomic E-state index is 4.74. The largest absolute Gasteiger partial charge is 0.356 e. The predicted molar refractivity (Wildman–Crippen MR) is 174 cm³/mol. The van der Waals surface area contributed by atoms with E-state index in [0.717, 1.165) is 57.0 Å². The summed E-state index contributed by atoms with van der Waals surface area (Å²) in [7, 11) is 0. The van der Waals surface area contributed by atoms with Gasteiger partial charge in [0, 0.05) is 11.4 Å². The van der Waals surface area contributed by atoms with Gasteiger partial charge in [0.2, 0.25) is 0 Å². The van der Waals surface area contributed by atoms with Gasteiger partial charge in [0.15, 0.2) is 0 Å². The molecule has 5 nitrogen and oxygen atoms in total. The van der Waals surface area contributed by atoms with Gasteiger partial charge in [-0.2, -0.15) is 0 Å². The van der Waals surface area contributed by atoms with Crippen LogP contribution in [0.5, 0.6) is 0 Å². The number of anilines is 2. The molecule has 4 aromatic carbocycles. The zero-order chi connectivity index (χ0) is 27.7. The van der Waals surface area contributed by atoms with Gasteiger partial charge in [-0.1, -0.05) is 36.4 Å². The molecule has 2 aliphatic rings. The van der Waals surface area contributed by atoms with Crippen LogP contribution >= 0.6 is 0 Å². The zero-order valence-corrected chi connectivity index (χ0v) is 22.3. The minimum absolute atomic E-state index is 0.868. The molecule has 0 bridgehead atoms. The van der Waals surface area contributed by atoms with Crippen LogP contribution < -0.4 is 5.32 Å². The molecule has 0 heterocycles. The fourth-order valence-corrected chi connectivity index (χ4v) is 4.21. The normalized spacial score (nSPS) is 13.8. The third-order valence-corrected chi connectivity index (χ3v) is 6.27. The molecule has 41 heavy (non-hydrogen) atoms. The van der Waals surface area contributed by atoms with Crippen molar-refractivity contribution in [3.8, 4) is 0 Å². The van der Waals surface area contributed by atoms with Crippen LogP contribution in [0, 0.1) is 0 Å². The van der Waals surface area contributed by atoms with Gasteiger partial charge in [-0.15, -0.1) is 0 Å². The second-order valence-corrected chi connectivity index (χ2v) is 9.37. The first kappa shape index (κ1) is 25.6. The van der Waals surface area contributed by atoms with Gasteiger partial charge in [-0.05, 0) is 121 Å². The summed E-state index contributed by atoms with van der Waals surface area (Å²) in [6.45, 7) is 0. The lowest BCUT2D eigenvalue weighted by molar-refractivity contribution is 1.47. The first-order valence-corrected chi connectivity index (χ1v) is 13.4. The van der Waals surface area contributed by atoms with Crippen molar-refractivity contribution in [2.45, 2.75) is 0 Å². The molecule has 0 spiro atoms. The molecule has 0 amide bonds. The highest BCUT2D eigenvalue weighted by molar-refractivity contribution is 6.20. The fraction of sp³-hybridized carbons (Fsp3) is 0. The standard InChI is InChI=1S/C36H27N5/c1-3-7-27(8-4-1)37-29-11-15-31(16-12-29)39-33-19-23-35(24-20-33)41-36-25-21-34(22-26-36)40-32-17-13-30(14-18-32)38-28-9-5-2-6-10-28/h1-26,37H. The Hall–Kier alpha value is -5.68. The summed E-state index contributed by atoms with van der Waals surface area (Å²) in [5.41, 5.74) is 9.18. The van der Waals surface area contributed by atoms with Crippen molar-refractivity contribution in [2.24, 2.45) is 20.0 Å². The van der Waals surface area contributed by atoms with Crippen LogP contribution in [0.1, 0.15) is 0 Å². The highest BCUT2D eigenvalue weighted by Crippen LogP contribution is 2.23. The molecule has 0 unspecified atom stereocenters. The summed E-state index contributed by atoms with van der Waals surface area (Å²) in [5, 5.41) is 3.39. The van der Waals surface area contributed by atoms with Crippen molar-refractivity contribution in [3.05, 3.63) is 158 Å². The maximum atomic E-state index is 4.74. The Labute approximate surface area is 239 Å². The quantitative estimate of drug-likeness (QED) is 0.249. The van der Waals surface area contributed by atoms with Crippen LogP contribution in [0.3, 0.4) is 0 Å². The summed E-state index contributed by atoms with van der Waals surface area (Å²) in [4.78, 5) is 18.8. The minimum atomic E-state index is 0.868. The molecular weight excluding hydrogens is 502 g/mol. The second-order valence-electron chi connectivity index (χ2n) is 9.37. The molecule has 0 radical (unpaired) electrons. The molecule has 0 aliphatic heterocycles. The van der Waals surface area contributed by atoms with E-state index in [-0.39, 0.29) is 0 Å². The van der Waals surface area contributed by atoms with Crippen molar-refractivity contribution in [2.75, 3.05) is 5.32 Å². The van der Waals surface area contributed by atoms with E-state index in [1.54, 1.807) is 0 Å². The molecular formula is C36H27N5. The number of para-hydroxylation sites is 2. The smallest absolute Gasteiger partial charge is 0.0638 e. The molecule has 0 atom stereocenters. The molecule has 196 valence electrons. The number of rotatable bonds is 6. The summed E-state index contributed by atoms with van der Waals surface area (Å²) in [5.74, 6) is 0. The lowest BCUT2D eigenvalue weighted by atomic mass is 10.1. The van der Waals surface area contributed by atoms with Gasteiger partial charge in [0.25, 0.3) is 0 Å². The van der Waals surface area contributed by atoms with Crippen molar-refractivity contribution in [1.29, 1.82) is 0 Å². The van der Waals surface area contributed by atoms with Crippen molar-refractivity contribution in [1.82, 2.24) is 0 Å². The Morgan fingerprint density at radius 3 is 0.976 bits per heavy atom. The molecule has 5 heteroatoms. The van der Waals surface area contributed by atoms with Gasteiger partial charge in [0.1, 0.15) is 0 Å². The van der Waals surface area contributed by atoms with E-state index in [0.29, 0.717) is 0 Å². The number of allylic oxidation sites excluding steroid dienone is 8. The molecule has 0 saturated heterocycles. The van der Waals surface area contributed by atoms with Crippen LogP contribution in [0.2, 0.25) is 0 Å². The molecule has 0 fully saturated rings. The number of nitrogens with zero attached hydrogens (tertiary/aromatic N) is 4. The van der Waals surface area contributed by atoms with Gasteiger partial charge in [-0.25, -0.2) is 20.0 Å². The number of benzene rings is 4. The summed E-state index contributed by atoms with van der Waals surface area (Å²) >= 11 is 0. The summed E-state index contributed by atoms with van der Waals surface area (Å²) in [6, 6.07) is 36.0. The van der Waals surface area contributed by atoms with Gasteiger partial charge < -0.3 is 5.32 Å². The van der Waals surface area contributed by atoms with Crippen LogP contribution in [0.15, 0.2) is 178 Å². The minimum Gasteiger partial charge on any atom is -0.356 e. The van der Waals surface area contributed by atoms with Gasteiger partial charge in [-0.3, -0.25) is 0 Å². The van der Waals surface area contributed by atoms with Crippen LogP contribution in [-0.4, -0.2) is 22.8 Å². The topological polar surface area (TPSA) is 61.5 Å². The van der Waals surface area contributed by atoms with E-state index in [1.165, 1.54) is 0 Å². The van der Waals surface area contributed by atoms with Crippen molar-refractivity contribution in [3.63, 3.8) is 0 Å². The van der Waals surface area contributed by atoms with Crippen molar-refractivity contribution < 1.29 is 0 Å². The molecule has 4 aromatic rings. The Morgan fingerprint density at radius 1 is 0.293 bits per heavy atom. The van der Waals surface area contributed by atoms with E-state index in [9.17, 15) is 0 Å². The number of nitrogens with one attached hydrogen (secondary N) is 1. The Morgan fingerprint density at radius 2 is 0.585 bits per heavy atom. The van der Waals surface area contributed by atoms with E-state index < -0.39 is 0 Å². The first-order valence-electron chi connectivity index (χ1n) is 13.4. The van der Waals surface area contributed by atoms with E-state index in [1.807, 2.05) is 158 Å². The molecule has 2 aliphatic carbocycles. The third-order valence-electron chi connectivity index (χ3n) is 6.27. The maximum Gasteiger partial charge on any atom is 0.0638 e. The number of hydrogen-bond donors (Lipinski definition) is 1. The summed E-state index contributed by atoms with van der Waals surface area (Å²) in [6.07, 6.45) is 15.8. The lowest BCUT2D eigenvalue weighted by Gasteiger charge is -2.07. The highest BCUT2D eigenvalue weighted by atomic mass is 14.9. The third kappa shape index (κ3) is 7.25. The Kier molecular flexibility index (Phi) is 7.77. The van der Waals surface area contributed by atoms with E-state index in [2.05, 4.69) is 10.3 Å². The van der Waals surface area contributed by atoms with Crippen LogP contribution in [-0.2, 0) is 0 Å². The summed E-state index contributed by atoms with van der Waals surface area (Å²) < 4.78 is 0. The molecule has 6 rings (SSSR count). The fourth-order valence-electron chi connectivity index (χ4n) is 4.21. The first-order chi connectivity index (χ1) is 20.2. The second kappa shape index (κ2) is 12.5. The molecule has 1 N–H and O–H groups in total. The predicted octanol–water partition coefficient (Wildman–Crippen LogP) is 9.37. The van der Waals surface area contributed by atoms with E-state index >= 15 is 0 Å². The Bertz CT molecular complexity index is 1720. The molecule has 0 saturated carbocycles. The average Bonchev–Trinajstić information content (AvgIpc) is 3.02. The zero-order valence-electron chi connectivity index (χ0n) is 22.3. The van der Waals surface area contributed by atoms with Gasteiger partial charge in [0.05, 0.1) is 45.6 Å². The van der Waals surface area contributed by atoms with Crippen LogP contribution in [0.4, 0.5) is 34.1 Å². The number of hydrogen-bond acceptors (Lipinski definition) is 5. The van der Waals surface area contributed by atoms with Gasteiger partial charge >= 0.3 is 0 Å². The van der Waals surface area contributed by atoms with E-state index in [4.69, 9.17) is 15.0 Å². The number of aliphatic imine (C=N–C) groups is 4. The van der Waals surface area contributed by atoms with Crippen LogP contribution in [0.25, 0.3) is 0 Å². The van der Waals surface area contributed by atoms with Crippen molar-refractivity contribution >= 4 is 57.0 Å². The average molecular weight is 530 g/mol. The monoisotopic (exact) mass is 529 g/mol.